The molecule has 5 rings (SSSR count). The lowest BCUT2D eigenvalue weighted by molar-refractivity contribution is 0.0424. The van der Waals surface area contributed by atoms with Crippen molar-refractivity contribution in [1.82, 2.24) is 19.8 Å². The molecule has 34 heavy (non-hydrogen) atoms. The fraction of sp³-hybridized carbons (Fsp3) is 0.360. The Morgan fingerprint density at radius 2 is 1.56 bits per heavy atom. The molecule has 0 unspecified atom stereocenters. The minimum atomic E-state index is -0.431. The summed E-state index contributed by atoms with van der Waals surface area (Å²) < 4.78 is 0. The lowest BCUT2D eigenvalue weighted by atomic mass is 10.1. The van der Waals surface area contributed by atoms with Crippen LogP contribution in [0.2, 0.25) is 10.0 Å². The third-order valence-corrected chi connectivity index (χ3v) is 7.00. The van der Waals surface area contributed by atoms with Crippen LogP contribution in [-0.4, -0.2) is 76.3 Å². The van der Waals surface area contributed by atoms with E-state index in [-0.39, 0.29) is 6.04 Å². The first-order valence-electron chi connectivity index (χ1n) is 11.5. The van der Waals surface area contributed by atoms with Gasteiger partial charge >= 0.3 is 0 Å². The highest BCUT2D eigenvalue weighted by Crippen LogP contribution is 2.24. The maximum absolute atomic E-state index is 10.8. The SMILES string of the molecule is O[C@@H]1CN(c2nccc(Nc3ccc(Cl)cc3)n2)C[C@H]1N1CCN(Cc2ccc(Cl)cc2)CC1. The van der Waals surface area contributed by atoms with Crippen molar-refractivity contribution >= 4 is 40.7 Å². The molecule has 0 amide bonds. The van der Waals surface area contributed by atoms with E-state index in [0.29, 0.717) is 29.9 Å². The molecule has 0 radical (unpaired) electrons. The molecule has 0 aliphatic carbocycles. The molecule has 2 aliphatic rings. The van der Waals surface area contributed by atoms with Crippen LogP contribution in [0.25, 0.3) is 0 Å². The van der Waals surface area contributed by atoms with Gasteiger partial charge in [0.25, 0.3) is 0 Å². The van der Waals surface area contributed by atoms with Crippen LogP contribution >= 0.6 is 23.2 Å². The van der Waals surface area contributed by atoms with Gasteiger partial charge in [0.15, 0.2) is 0 Å². The second-order valence-corrected chi connectivity index (χ2v) is 9.72. The molecule has 9 heteroatoms. The molecule has 2 N–H and O–H groups in total. The number of β-amino-alcohol motifs (C(OH)–C–C–N with tert-alkyl or cyclic N) is 1. The minimum Gasteiger partial charge on any atom is -0.390 e. The zero-order valence-electron chi connectivity index (χ0n) is 18.8. The van der Waals surface area contributed by atoms with Crippen molar-refractivity contribution in [3.05, 3.63) is 76.4 Å². The number of aliphatic hydroxyl groups is 1. The highest BCUT2D eigenvalue weighted by atomic mass is 35.5. The summed E-state index contributed by atoms with van der Waals surface area (Å²) in [6.45, 7) is 5.98. The van der Waals surface area contributed by atoms with Gasteiger partial charge in [0.1, 0.15) is 5.82 Å². The molecule has 2 aromatic carbocycles. The molecule has 0 bridgehead atoms. The van der Waals surface area contributed by atoms with Gasteiger partial charge in [0.2, 0.25) is 5.95 Å². The van der Waals surface area contributed by atoms with E-state index in [4.69, 9.17) is 23.2 Å². The summed E-state index contributed by atoms with van der Waals surface area (Å²) in [5.74, 6) is 1.34. The Morgan fingerprint density at radius 1 is 0.882 bits per heavy atom. The number of nitrogens with zero attached hydrogens (tertiary/aromatic N) is 5. The standard InChI is InChI=1S/C25H28Cl2N6O/c26-19-3-1-18(2-4-19)15-31-11-13-32(14-12-31)22-16-33(17-23(22)34)25-28-10-9-24(30-25)29-21-7-5-20(27)6-8-21/h1-10,22-23,34H,11-17H2,(H,28,29,30)/t22-,23-/m1/s1. The van der Waals surface area contributed by atoms with Crippen molar-refractivity contribution < 1.29 is 5.11 Å². The number of anilines is 3. The maximum Gasteiger partial charge on any atom is 0.227 e. The largest absolute Gasteiger partial charge is 0.390 e. The van der Waals surface area contributed by atoms with Crippen LogP contribution in [0.1, 0.15) is 5.56 Å². The minimum absolute atomic E-state index is 0.0779. The number of aliphatic hydroxyl groups excluding tert-OH is 1. The van der Waals surface area contributed by atoms with Crippen molar-refractivity contribution in [2.45, 2.75) is 18.7 Å². The zero-order chi connectivity index (χ0) is 23.5. The monoisotopic (exact) mass is 498 g/mol. The lowest BCUT2D eigenvalue weighted by Gasteiger charge is -2.38. The number of hydrogen-bond donors (Lipinski definition) is 2. The van der Waals surface area contributed by atoms with E-state index in [0.717, 1.165) is 43.4 Å². The Hall–Kier alpha value is -2.42. The van der Waals surface area contributed by atoms with Gasteiger partial charge in [-0.3, -0.25) is 9.80 Å². The van der Waals surface area contributed by atoms with Gasteiger partial charge in [-0.15, -0.1) is 0 Å². The van der Waals surface area contributed by atoms with Crippen molar-refractivity contribution in [1.29, 1.82) is 0 Å². The van der Waals surface area contributed by atoms with Crippen molar-refractivity contribution in [3.8, 4) is 0 Å². The predicted molar refractivity (Wildman–Crippen MR) is 137 cm³/mol. The van der Waals surface area contributed by atoms with Gasteiger partial charge in [-0.05, 0) is 48.0 Å². The first-order valence-corrected chi connectivity index (χ1v) is 12.3. The highest BCUT2D eigenvalue weighted by Gasteiger charge is 2.37. The van der Waals surface area contributed by atoms with E-state index in [2.05, 4.69) is 42.1 Å². The third kappa shape index (κ3) is 5.62. The average Bonchev–Trinajstić information content (AvgIpc) is 3.24. The summed E-state index contributed by atoms with van der Waals surface area (Å²) in [7, 11) is 0. The number of aromatic nitrogens is 2. The molecule has 0 saturated carbocycles. The fourth-order valence-electron chi connectivity index (χ4n) is 4.64. The van der Waals surface area contributed by atoms with Crippen LogP contribution in [0.3, 0.4) is 0 Å². The molecule has 2 saturated heterocycles. The molecule has 3 heterocycles. The molecule has 2 atom stereocenters. The molecule has 0 spiro atoms. The van der Waals surface area contributed by atoms with Crippen molar-refractivity contribution in [3.63, 3.8) is 0 Å². The second kappa shape index (κ2) is 10.5. The molecule has 1 aromatic heterocycles. The first kappa shape index (κ1) is 23.3. The third-order valence-electron chi connectivity index (χ3n) is 6.50. The van der Waals surface area contributed by atoms with E-state index < -0.39 is 6.10 Å². The Morgan fingerprint density at radius 3 is 2.26 bits per heavy atom. The van der Waals surface area contributed by atoms with Crippen LogP contribution in [0.15, 0.2) is 60.8 Å². The summed E-state index contributed by atoms with van der Waals surface area (Å²) in [4.78, 5) is 16.1. The summed E-state index contributed by atoms with van der Waals surface area (Å²) in [6.07, 6.45) is 1.31. The quantitative estimate of drug-likeness (QED) is 0.534. The van der Waals surface area contributed by atoms with Gasteiger partial charge in [0.05, 0.1) is 12.1 Å². The van der Waals surface area contributed by atoms with Gasteiger partial charge in [-0.1, -0.05) is 35.3 Å². The van der Waals surface area contributed by atoms with Crippen molar-refractivity contribution in [2.24, 2.45) is 0 Å². The predicted octanol–water partition coefficient (Wildman–Crippen LogP) is 3.89. The van der Waals surface area contributed by atoms with Gasteiger partial charge in [0, 0.05) is 67.7 Å². The number of piperazine rings is 1. The topological polar surface area (TPSA) is 67.8 Å². The molecule has 2 fully saturated rings. The summed E-state index contributed by atoms with van der Waals surface area (Å²) >= 11 is 12.0. The Bertz CT molecular complexity index is 1090. The lowest BCUT2D eigenvalue weighted by Crippen LogP contribution is -2.53. The number of halogens is 2. The van der Waals surface area contributed by atoms with Crippen LogP contribution in [0.4, 0.5) is 17.5 Å². The highest BCUT2D eigenvalue weighted by molar-refractivity contribution is 6.30. The van der Waals surface area contributed by atoms with E-state index in [9.17, 15) is 5.11 Å². The van der Waals surface area contributed by atoms with E-state index >= 15 is 0 Å². The summed E-state index contributed by atoms with van der Waals surface area (Å²) in [5, 5.41) is 15.6. The zero-order valence-corrected chi connectivity index (χ0v) is 20.3. The molecule has 7 nitrogen and oxygen atoms in total. The normalized spacial score (nSPS) is 21.7. The Labute approximate surface area is 209 Å². The number of rotatable bonds is 6. The smallest absolute Gasteiger partial charge is 0.227 e. The summed E-state index contributed by atoms with van der Waals surface area (Å²) in [6, 6.07) is 17.5. The molecule has 3 aromatic rings. The fourth-order valence-corrected chi connectivity index (χ4v) is 4.90. The average molecular weight is 499 g/mol. The van der Waals surface area contributed by atoms with E-state index in [1.165, 1.54) is 5.56 Å². The second-order valence-electron chi connectivity index (χ2n) is 8.85. The number of benzene rings is 2. The number of hydrogen-bond acceptors (Lipinski definition) is 7. The van der Waals surface area contributed by atoms with Gasteiger partial charge < -0.3 is 15.3 Å². The maximum atomic E-state index is 10.8. The molecular formula is C25H28Cl2N6O. The Kier molecular flexibility index (Phi) is 7.18. The van der Waals surface area contributed by atoms with Gasteiger partial charge in [-0.25, -0.2) is 4.98 Å². The van der Waals surface area contributed by atoms with Crippen LogP contribution in [-0.2, 0) is 6.54 Å². The molecular weight excluding hydrogens is 471 g/mol. The molecule has 2 aliphatic heterocycles. The van der Waals surface area contributed by atoms with E-state index in [1.807, 2.05) is 42.5 Å². The van der Waals surface area contributed by atoms with Crippen LogP contribution < -0.4 is 10.2 Å². The number of nitrogens with one attached hydrogen (secondary N) is 1. The summed E-state index contributed by atoms with van der Waals surface area (Å²) in [5.41, 5.74) is 2.18. The van der Waals surface area contributed by atoms with E-state index in [1.54, 1.807) is 6.20 Å². The van der Waals surface area contributed by atoms with Crippen molar-refractivity contribution in [2.75, 3.05) is 49.5 Å². The molecule has 178 valence electrons. The van der Waals surface area contributed by atoms with Crippen LogP contribution in [0.5, 0.6) is 0 Å². The first-order chi connectivity index (χ1) is 16.5. The Balaban J connectivity index is 1.17. The van der Waals surface area contributed by atoms with Crippen LogP contribution in [0, 0.1) is 0 Å². The van der Waals surface area contributed by atoms with Gasteiger partial charge in [-0.2, -0.15) is 4.98 Å².